The minimum Gasteiger partial charge on any atom is -0.312 e. The number of hydrogen-bond acceptors (Lipinski definition) is 4. The number of carbonyl (C=O) groups is 1. The van der Waals surface area contributed by atoms with E-state index in [0.29, 0.717) is 11.7 Å². The lowest BCUT2D eigenvalue weighted by molar-refractivity contribution is 0.100. The monoisotopic (exact) mass is 232 g/mol. The molecule has 1 aliphatic rings. The van der Waals surface area contributed by atoms with Crippen molar-refractivity contribution >= 4 is 5.91 Å². The molecule has 3 heterocycles. The highest BCUT2D eigenvalue weighted by Crippen LogP contribution is 2.09. The molecule has 0 aliphatic carbocycles. The second-order valence-corrected chi connectivity index (χ2v) is 3.93. The molecule has 1 fully saturated rings. The average molecular weight is 232 g/mol. The van der Waals surface area contributed by atoms with Crippen molar-refractivity contribution < 1.29 is 4.79 Å². The number of aromatic nitrogens is 4. The van der Waals surface area contributed by atoms with Crippen LogP contribution < -0.4 is 10.7 Å². The molecule has 1 aliphatic heterocycles. The molecule has 2 aromatic heterocycles. The molecule has 0 bridgehead atoms. The fraction of sp³-hybridized carbons (Fsp3) is 0.300. The summed E-state index contributed by atoms with van der Waals surface area (Å²) in [5, 5.41) is 10.9. The van der Waals surface area contributed by atoms with Gasteiger partial charge in [-0.25, -0.2) is 4.68 Å². The van der Waals surface area contributed by atoms with Gasteiger partial charge in [-0.1, -0.05) is 5.21 Å². The van der Waals surface area contributed by atoms with Gasteiger partial charge < -0.3 is 5.32 Å². The van der Waals surface area contributed by atoms with E-state index < -0.39 is 0 Å². The molecular weight excluding hydrogens is 220 g/mol. The van der Waals surface area contributed by atoms with Gasteiger partial charge in [0, 0.05) is 25.5 Å². The van der Waals surface area contributed by atoms with Gasteiger partial charge >= 0.3 is 0 Å². The molecule has 0 atom stereocenters. The lowest BCUT2D eigenvalue weighted by Gasteiger charge is -2.26. The SMILES string of the molecule is O=C(Nn1cccc1)c1cn(C2CNC2)nn1. The Hall–Kier alpha value is -2.15. The first-order valence-corrected chi connectivity index (χ1v) is 5.40. The molecule has 7 heteroatoms. The van der Waals surface area contributed by atoms with Gasteiger partial charge in [0.15, 0.2) is 5.69 Å². The molecule has 0 spiro atoms. The lowest BCUT2D eigenvalue weighted by Crippen LogP contribution is -2.43. The van der Waals surface area contributed by atoms with Crippen LogP contribution >= 0.6 is 0 Å². The van der Waals surface area contributed by atoms with Crippen molar-refractivity contribution in [2.75, 3.05) is 18.5 Å². The van der Waals surface area contributed by atoms with Crippen molar-refractivity contribution in [2.45, 2.75) is 6.04 Å². The van der Waals surface area contributed by atoms with Gasteiger partial charge in [-0.2, -0.15) is 0 Å². The van der Waals surface area contributed by atoms with Crippen molar-refractivity contribution in [1.82, 2.24) is 25.0 Å². The van der Waals surface area contributed by atoms with Gasteiger partial charge in [0.25, 0.3) is 5.91 Å². The van der Waals surface area contributed by atoms with E-state index in [0.717, 1.165) is 13.1 Å². The number of nitrogens with zero attached hydrogens (tertiary/aromatic N) is 4. The number of carbonyl (C=O) groups excluding carboxylic acids is 1. The Kier molecular flexibility index (Phi) is 2.37. The Morgan fingerprint density at radius 2 is 2.18 bits per heavy atom. The molecule has 2 N–H and O–H groups in total. The highest BCUT2D eigenvalue weighted by atomic mass is 16.2. The largest absolute Gasteiger partial charge is 0.312 e. The predicted molar refractivity (Wildman–Crippen MR) is 60.1 cm³/mol. The number of rotatable bonds is 3. The Morgan fingerprint density at radius 1 is 1.41 bits per heavy atom. The second-order valence-electron chi connectivity index (χ2n) is 3.93. The van der Waals surface area contributed by atoms with Crippen molar-refractivity contribution in [3.05, 3.63) is 36.4 Å². The Morgan fingerprint density at radius 3 is 2.82 bits per heavy atom. The number of nitrogens with one attached hydrogen (secondary N) is 2. The third kappa shape index (κ3) is 1.92. The normalized spacial score (nSPS) is 15.5. The maximum absolute atomic E-state index is 11.8. The van der Waals surface area contributed by atoms with E-state index in [1.165, 1.54) is 0 Å². The summed E-state index contributed by atoms with van der Waals surface area (Å²) in [5.41, 5.74) is 3.00. The maximum atomic E-state index is 11.8. The molecule has 2 aromatic rings. The molecular formula is C10H12N6O. The molecule has 17 heavy (non-hydrogen) atoms. The standard InChI is InChI=1S/C10H12N6O/c17-10(13-15-3-1-2-4-15)9-7-16(14-12-9)8-5-11-6-8/h1-4,7-8,11H,5-6H2,(H,13,17). The summed E-state index contributed by atoms with van der Waals surface area (Å²) in [6.45, 7) is 1.75. The van der Waals surface area contributed by atoms with Gasteiger partial charge in [-0.15, -0.1) is 5.10 Å². The molecule has 0 unspecified atom stereocenters. The van der Waals surface area contributed by atoms with E-state index in [-0.39, 0.29) is 5.91 Å². The van der Waals surface area contributed by atoms with Crippen molar-refractivity contribution in [2.24, 2.45) is 0 Å². The summed E-state index contributed by atoms with van der Waals surface area (Å²) in [6, 6.07) is 3.98. The molecule has 1 saturated heterocycles. The van der Waals surface area contributed by atoms with E-state index in [2.05, 4.69) is 21.1 Å². The van der Waals surface area contributed by atoms with Gasteiger partial charge in [-0.3, -0.25) is 14.9 Å². The van der Waals surface area contributed by atoms with Crippen molar-refractivity contribution in [3.63, 3.8) is 0 Å². The first kappa shape index (κ1) is 10.0. The summed E-state index contributed by atoms with van der Waals surface area (Å²) >= 11 is 0. The smallest absolute Gasteiger partial charge is 0.292 e. The zero-order valence-corrected chi connectivity index (χ0v) is 9.08. The predicted octanol–water partition coefficient (Wildman–Crippen LogP) is -0.392. The number of amides is 1. The lowest BCUT2D eigenvalue weighted by atomic mass is 10.2. The van der Waals surface area contributed by atoms with Crippen molar-refractivity contribution in [1.29, 1.82) is 0 Å². The summed E-state index contributed by atoms with van der Waals surface area (Å²) in [7, 11) is 0. The van der Waals surface area contributed by atoms with Crippen LogP contribution in [0.3, 0.4) is 0 Å². The van der Waals surface area contributed by atoms with Gasteiger partial charge in [0.1, 0.15) is 0 Å². The molecule has 7 nitrogen and oxygen atoms in total. The Labute approximate surface area is 97.4 Å². The van der Waals surface area contributed by atoms with E-state index in [1.807, 2.05) is 12.1 Å². The highest BCUT2D eigenvalue weighted by molar-refractivity contribution is 5.97. The van der Waals surface area contributed by atoms with Crippen LogP contribution in [0.2, 0.25) is 0 Å². The molecule has 0 saturated carbocycles. The minimum atomic E-state index is -0.264. The van der Waals surface area contributed by atoms with Gasteiger partial charge in [-0.05, 0) is 12.1 Å². The summed E-state index contributed by atoms with van der Waals surface area (Å²) in [6.07, 6.45) is 5.17. The van der Waals surface area contributed by atoms with Crippen LogP contribution in [0.1, 0.15) is 16.5 Å². The van der Waals surface area contributed by atoms with Crippen LogP contribution in [0.15, 0.2) is 30.7 Å². The van der Waals surface area contributed by atoms with Crippen LogP contribution in [-0.4, -0.2) is 38.7 Å². The van der Waals surface area contributed by atoms with E-state index in [1.54, 1.807) is 27.9 Å². The third-order valence-electron chi connectivity index (χ3n) is 2.71. The highest BCUT2D eigenvalue weighted by Gasteiger charge is 2.21. The number of hydrogen-bond donors (Lipinski definition) is 2. The average Bonchev–Trinajstić information content (AvgIpc) is 2.85. The van der Waals surface area contributed by atoms with Gasteiger partial charge in [0.05, 0.1) is 12.2 Å². The quantitative estimate of drug-likeness (QED) is 0.755. The van der Waals surface area contributed by atoms with Crippen LogP contribution in [0, 0.1) is 0 Å². The first-order chi connectivity index (χ1) is 8.33. The molecule has 1 amide bonds. The Balaban J connectivity index is 1.70. The van der Waals surface area contributed by atoms with Crippen LogP contribution in [0.4, 0.5) is 0 Å². The fourth-order valence-corrected chi connectivity index (χ4v) is 1.60. The summed E-state index contributed by atoms with van der Waals surface area (Å²) in [4.78, 5) is 11.8. The topological polar surface area (TPSA) is 76.8 Å². The molecule has 88 valence electrons. The molecule has 3 rings (SSSR count). The van der Waals surface area contributed by atoms with E-state index >= 15 is 0 Å². The first-order valence-electron chi connectivity index (χ1n) is 5.40. The Bertz CT molecular complexity index is 513. The zero-order chi connectivity index (χ0) is 11.7. The van der Waals surface area contributed by atoms with E-state index in [9.17, 15) is 4.79 Å². The second kappa shape index (κ2) is 4.02. The maximum Gasteiger partial charge on any atom is 0.292 e. The van der Waals surface area contributed by atoms with Gasteiger partial charge in [0.2, 0.25) is 0 Å². The zero-order valence-electron chi connectivity index (χ0n) is 9.08. The summed E-state index contributed by atoms with van der Waals surface area (Å²) < 4.78 is 3.30. The van der Waals surface area contributed by atoms with E-state index in [4.69, 9.17) is 0 Å². The minimum absolute atomic E-state index is 0.264. The van der Waals surface area contributed by atoms with Crippen LogP contribution in [0.25, 0.3) is 0 Å². The molecule has 0 radical (unpaired) electrons. The van der Waals surface area contributed by atoms with Crippen molar-refractivity contribution in [3.8, 4) is 0 Å². The van der Waals surface area contributed by atoms with Crippen LogP contribution in [0.5, 0.6) is 0 Å². The van der Waals surface area contributed by atoms with Crippen LogP contribution in [-0.2, 0) is 0 Å². The summed E-state index contributed by atoms with van der Waals surface area (Å²) in [5.74, 6) is -0.264. The third-order valence-corrected chi connectivity index (χ3v) is 2.71. The molecule has 0 aromatic carbocycles. The fourth-order valence-electron chi connectivity index (χ4n) is 1.60.